The number of fused-ring (bicyclic) bond motifs is 3. The molecular formula is C17H12N6O2. The molecule has 8 nitrogen and oxygen atoms in total. The largest absolute Gasteiger partial charge is 0.384 e. The summed E-state index contributed by atoms with van der Waals surface area (Å²) in [6, 6.07) is 15.2. The van der Waals surface area contributed by atoms with E-state index in [1.54, 1.807) is 12.1 Å². The third-order valence-corrected chi connectivity index (χ3v) is 4.18. The summed E-state index contributed by atoms with van der Waals surface area (Å²) in [7, 11) is 0. The van der Waals surface area contributed by atoms with E-state index in [2.05, 4.69) is 16.4 Å². The van der Waals surface area contributed by atoms with E-state index in [-0.39, 0.29) is 17.1 Å². The van der Waals surface area contributed by atoms with Gasteiger partial charge in [-0.25, -0.2) is 4.98 Å². The van der Waals surface area contributed by atoms with Crippen molar-refractivity contribution in [2.45, 2.75) is 6.04 Å². The Balaban J connectivity index is 2.01. The lowest BCUT2D eigenvalue weighted by atomic mass is 9.97. The van der Waals surface area contributed by atoms with Gasteiger partial charge in [0.2, 0.25) is 5.95 Å². The minimum atomic E-state index is -0.589. The number of non-ortho nitro benzene ring substituents is 1. The van der Waals surface area contributed by atoms with Gasteiger partial charge in [0.15, 0.2) is 0 Å². The molecule has 0 fully saturated rings. The highest BCUT2D eigenvalue weighted by molar-refractivity contribution is 5.80. The van der Waals surface area contributed by atoms with Crippen LogP contribution in [0.1, 0.15) is 11.6 Å². The summed E-state index contributed by atoms with van der Waals surface area (Å²) in [5, 5.41) is 23.7. The molecule has 0 bridgehead atoms. The lowest BCUT2D eigenvalue weighted by Crippen LogP contribution is -2.27. The Morgan fingerprint density at radius 2 is 2.08 bits per heavy atom. The van der Waals surface area contributed by atoms with E-state index in [0.717, 1.165) is 11.0 Å². The first-order chi connectivity index (χ1) is 12.1. The first-order valence-corrected chi connectivity index (χ1v) is 7.48. The zero-order chi connectivity index (χ0) is 17.6. The number of hydrogen-bond acceptors (Lipinski definition) is 6. The molecule has 1 aliphatic rings. The maximum atomic E-state index is 11.1. The van der Waals surface area contributed by atoms with Gasteiger partial charge in [0.05, 0.1) is 21.5 Å². The van der Waals surface area contributed by atoms with Crippen molar-refractivity contribution in [1.29, 1.82) is 5.26 Å². The van der Waals surface area contributed by atoms with Crippen LogP contribution < -0.4 is 11.1 Å². The van der Waals surface area contributed by atoms with Gasteiger partial charge < -0.3 is 11.1 Å². The van der Waals surface area contributed by atoms with Gasteiger partial charge in [0, 0.05) is 12.1 Å². The summed E-state index contributed by atoms with van der Waals surface area (Å²) in [5.41, 5.74) is 8.40. The second-order valence-corrected chi connectivity index (χ2v) is 5.61. The van der Waals surface area contributed by atoms with Crippen molar-refractivity contribution in [1.82, 2.24) is 9.55 Å². The molecule has 8 heteroatoms. The Bertz CT molecular complexity index is 1090. The number of benzene rings is 2. The number of nitrogens with zero attached hydrogens (tertiary/aromatic N) is 4. The number of nitro groups is 1. The Labute approximate surface area is 142 Å². The van der Waals surface area contributed by atoms with Gasteiger partial charge in [-0.3, -0.25) is 14.7 Å². The molecule has 25 heavy (non-hydrogen) atoms. The van der Waals surface area contributed by atoms with Crippen LogP contribution in [-0.2, 0) is 0 Å². The van der Waals surface area contributed by atoms with Gasteiger partial charge in [-0.05, 0) is 17.7 Å². The summed E-state index contributed by atoms with van der Waals surface area (Å²) < 4.78 is 1.84. The van der Waals surface area contributed by atoms with Crippen molar-refractivity contribution in [2.24, 2.45) is 5.73 Å². The highest BCUT2D eigenvalue weighted by atomic mass is 16.6. The molecule has 0 aliphatic carbocycles. The van der Waals surface area contributed by atoms with Crippen LogP contribution in [0, 0.1) is 21.4 Å². The average Bonchev–Trinajstić information content (AvgIpc) is 2.98. The fraction of sp³-hybridized carbons (Fsp3) is 0.0588. The predicted molar refractivity (Wildman–Crippen MR) is 91.4 cm³/mol. The monoisotopic (exact) mass is 332 g/mol. The van der Waals surface area contributed by atoms with Crippen LogP contribution in [0.15, 0.2) is 59.9 Å². The maximum Gasteiger partial charge on any atom is 0.269 e. The number of imidazole rings is 1. The number of nitriles is 1. The zero-order valence-corrected chi connectivity index (χ0v) is 12.9. The number of anilines is 1. The Kier molecular flexibility index (Phi) is 3.15. The third-order valence-electron chi connectivity index (χ3n) is 4.18. The normalized spacial score (nSPS) is 16.2. The maximum absolute atomic E-state index is 11.1. The molecule has 122 valence electrons. The standard InChI is InChI=1S/C17H12N6O2/c18-9-12-15(10-4-3-5-11(8-10)23(24)25)22-14-7-2-1-6-13(14)20-17(22)21-16(12)19/h1-8,15H,19H2,(H,20,21)/t15-/m0/s1. The first-order valence-electron chi connectivity index (χ1n) is 7.48. The molecular weight excluding hydrogens is 320 g/mol. The van der Waals surface area contributed by atoms with Crippen molar-refractivity contribution >= 4 is 22.7 Å². The number of nitrogens with one attached hydrogen (secondary N) is 1. The minimum absolute atomic E-state index is 0.0436. The average molecular weight is 332 g/mol. The van der Waals surface area contributed by atoms with Crippen LogP contribution in [-0.4, -0.2) is 14.5 Å². The van der Waals surface area contributed by atoms with Crippen LogP contribution in [0.5, 0.6) is 0 Å². The number of nitrogens with two attached hydrogens (primary N) is 1. The molecule has 3 aromatic rings. The molecule has 0 unspecified atom stereocenters. The number of aromatic nitrogens is 2. The van der Waals surface area contributed by atoms with Gasteiger partial charge in [0.25, 0.3) is 5.69 Å². The minimum Gasteiger partial charge on any atom is -0.384 e. The topological polar surface area (TPSA) is 123 Å². The molecule has 4 rings (SSSR count). The second kappa shape index (κ2) is 5.35. The second-order valence-electron chi connectivity index (χ2n) is 5.61. The van der Waals surface area contributed by atoms with E-state index in [1.165, 1.54) is 12.1 Å². The molecule has 0 spiro atoms. The Hall–Kier alpha value is -3.86. The predicted octanol–water partition coefficient (Wildman–Crippen LogP) is 2.65. The smallest absolute Gasteiger partial charge is 0.269 e. The van der Waals surface area contributed by atoms with Crippen molar-refractivity contribution in [3.63, 3.8) is 0 Å². The van der Waals surface area contributed by atoms with E-state index in [4.69, 9.17) is 5.73 Å². The number of hydrogen-bond donors (Lipinski definition) is 2. The summed E-state index contributed by atoms with van der Waals surface area (Å²) in [6.45, 7) is 0. The first kappa shape index (κ1) is 14.7. The molecule has 1 aliphatic heterocycles. The quantitative estimate of drug-likeness (QED) is 0.549. The SMILES string of the molecule is N#CC1=C(N)Nc2nc3ccccc3n2[C@H]1c1cccc([N+](=O)[O-])c1. The lowest BCUT2D eigenvalue weighted by molar-refractivity contribution is -0.384. The highest BCUT2D eigenvalue weighted by Crippen LogP contribution is 2.38. The number of rotatable bonds is 2. The Morgan fingerprint density at radius 1 is 1.28 bits per heavy atom. The van der Waals surface area contributed by atoms with Gasteiger partial charge in [-0.2, -0.15) is 5.26 Å². The van der Waals surface area contributed by atoms with Gasteiger partial charge >= 0.3 is 0 Å². The fourth-order valence-corrected chi connectivity index (χ4v) is 3.10. The van der Waals surface area contributed by atoms with Gasteiger partial charge in [-0.15, -0.1) is 0 Å². The zero-order valence-electron chi connectivity index (χ0n) is 12.9. The Morgan fingerprint density at radius 3 is 2.84 bits per heavy atom. The van der Waals surface area contributed by atoms with Crippen LogP contribution in [0.25, 0.3) is 11.0 Å². The third kappa shape index (κ3) is 2.18. The number of nitro benzene ring substituents is 1. The molecule has 0 radical (unpaired) electrons. The van der Waals surface area contributed by atoms with E-state index >= 15 is 0 Å². The molecule has 0 saturated heterocycles. The van der Waals surface area contributed by atoms with Crippen molar-refractivity contribution in [2.75, 3.05) is 5.32 Å². The number of para-hydroxylation sites is 2. The fourth-order valence-electron chi connectivity index (χ4n) is 3.10. The van der Waals surface area contributed by atoms with E-state index < -0.39 is 11.0 Å². The van der Waals surface area contributed by atoms with Gasteiger partial charge in [-0.1, -0.05) is 24.3 Å². The van der Waals surface area contributed by atoms with E-state index in [1.807, 2.05) is 28.8 Å². The van der Waals surface area contributed by atoms with Crippen molar-refractivity contribution in [3.05, 3.63) is 75.6 Å². The highest BCUT2D eigenvalue weighted by Gasteiger charge is 2.31. The summed E-state index contributed by atoms with van der Waals surface area (Å²) in [6.07, 6.45) is 0. The summed E-state index contributed by atoms with van der Waals surface area (Å²) >= 11 is 0. The van der Waals surface area contributed by atoms with Crippen LogP contribution >= 0.6 is 0 Å². The molecule has 0 amide bonds. The molecule has 1 aromatic heterocycles. The van der Waals surface area contributed by atoms with Crippen LogP contribution in [0.3, 0.4) is 0 Å². The van der Waals surface area contributed by atoms with Crippen LogP contribution in [0.4, 0.5) is 11.6 Å². The molecule has 2 heterocycles. The molecule has 2 aromatic carbocycles. The molecule has 0 saturated carbocycles. The molecule has 3 N–H and O–H groups in total. The van der Waals surface area contributed by atoms with E-state index in [0.29, 0.717) is 11.5 Å². The van der Waals surface area contributed by atoms with Crippen molar-refractivity contribution < 1.29 is 4.92 Å². The van der Waals surface area contributed by atoms with E-state index in [9.17, 15) is 15.4 Å². The van der Waals surface area contributed by atoms with Gasteiger partial charge in [0.1, 0.15) is 17.9 Å². The van der Waals surface area contributed by atoms with Crippen LogP contribution in [0.2, 0.25) is 0 Å². The summed E-state index contributed by atoms with van der Waals surface area (Å²) in [5.74, 6) is 0.691. The van der Waals surface area contributed by atoms with Crippen molar-refractivity contribution in [3.8, 4) is 6.07 Å². The summed E-state index contributed by atoms with van der Waals surface area (Å²) in [4.78, 5) is 15.2. The lowest BCUT2D eigenvalue weighted by Gasteiger charge is -2.27. The molecule has 1 atom stereocenters. The number of allylic oxidation sites excluding steroid dienone is 1.